The van der Waals surface area contributed by atoms with Gasteiger partial charge in [-0.2, -0.15) is 0 Å². The van der Waals surface area contributed by atoms with Crippen LogP contribution in [0.2, 0.25) is 0 Å². The van der Waals surface area contributed by atoms with Gasteiger partial charge in [-0.1, -0.05) is 44.2 Å². The molecule has 0 radical (unpaired) electrons. The van der Waals surface area contributed by atoms with Crippen molar-refractivity contribution in [2.75, 3.05) is 0 Å². The van der Waals surface area contributed by atoms with Crippen molar-refractivity contribution in [3.05, 3.63) is 35.9 Å². The van der Waals surface area contributed by atoms with Gasteiger partial charge in [0.2, 0.25) is 23.6 Å². The Bertz CT molecular complexity index is 845. The number of hydrogen-bond donors (Lipinski definition) is 6. The number of carboxylic acid groups (broad SMARTS) is 1. The highest BCUT2D eigenvalue weighted by Gasteiger charge is 2.30. The highest BCUT2D eigenvalue weighted by Crippen LogP contribution is 2.07. The summed E-state index contributed by atoms with van der Waals surface area (Å²) in [5.41, 5.74) is 12.0. The second-order valence-electron chi connectivity index (χ2n) is 8.29. The van der Waals surface area contributed by atoms with Gasteiger partial charge in [0.05, 0.1) is 12.5 Å². The third-order valence-corrected chi connectivity index (χ3v) is 4.74. The number of rotatable bonds is 13. The fourth-order valence-corrected chi connectivity index (χ4v) is 3.00. The van der Waals surface area contributed by atoms with Gasteiger partial charge in [-0.3, -0.25) is 24.0 Å². The molecule has 33 heavy (non-hydrogen) atoms. The molecule has 4 amide bonds. The van der Waals surface area contributed by atoms with Crippen molar-refractivity contribution in [2.45, 2.75) is 64.2 Å². The first-order valence-corrected chi connectivity index (χ1v) is 10.6. The summed E-state index contributed by atoms with van der Waals surface area (Å²) >= 11 is 0. The first-order chi connectivity index (χ1) is 15.4. The number of carboxylic acids is 1. The highest BCUT2D eigenvalue weighted by molar-refractivity contribution is 5.96. The summed E-state index contributed by atoms with van der Waals surface area (Å²) in [6.07, 6.45) is -0.0884. The number of amides is 4. The van der Waals surface area contributed by atoms with Gasteiger partial charge in [0, 0.05) is 0 Å². The summed E-state index contributed by atoms with van der Waals surface area (Å²) < 4.78 is 0. The molecule has 0 heterocycles. The van der Waals surface area contributed by atoms with E-state index >= 15 is 0 Å². The van der Waals surface area contributed by atoms with Crippen molar-refractivity contribution < 1.29 is 29.1 Å². The van der Waals surface area contributed by atoms with Gasteiger partial charge in [-0.15, -0.1) is 0 Å². The Morgan fingerprint density at radius 1 is 0.879 bits per heavy atom. The minimum Gasteiger partial charge on any atom is -0.480 e. The number of benzene rings is 1. The molecule has 11 nitrogen and oxygen atoms in total. The number of nitrogens with one attached hydrogen (secondary N) is 3. The molecule has 4 atom stereocenters. The lowest BCUT2D eigenvalue weighted by molar-refractivity contribution is -0.142. The zero-order chi connectivity index (χ0) is 25.1. The van der Waals surface area contributed by atoms with E-state index in [0.717, 1.165) is 5.56 Å². The summed E-state index contributed by atoms with van der Waals surface area (Å²) in [5.74, 6) is -4.26. The van der Waals surface area contributed by atoms with Crippen LogP contribution in [0.25, 0.3) is 0 Å². The molecule has 0 spiro atoms. The van der Waals surface area contributed by atoms with Gasteiger partial charge < -0.3 is 32.5 Å². The Morgan fingerprint density at radius 3 is 1.94 bits per heavy atom. The van der Waals surface area contributed by atoms with Crippen LogP contribution >= 0.6 is 0 Å². The maximum absolute atomic E-state index is 12.8. The molecule has 0 aromatic heterocycles. The van der Waals surface area contributed by atoms with Crippen molar-refractivity contribution in [1.29, 1.82) is 0 Å². The van der Waals surface area contributed by atoms with Crippen LogP contribution in [0.3, 0.4) is 0 Å². The zero-order valence-corrected chi connectivity index (χ0v) is 19.0. The predicted molar refractivity (Wildman–Crippen MR) is 120 cm³/mol. The van der Waals surface area contributed by atoms with Crippen LogP contribution in [-0.4, -0.2) is 58.9 Å². The molecule has 0 bridgehead atoms. The second kappa shape index (κ2) is 13.2. The lowest BCUT2D eigenvalue weighted by atomic mass is 10.0. The lowest BCUT2D eigenvalue weighted by Crippen LogP contribution is -2.57. The number of nitrogens with two attached hydrogens (primary N) is 2. The number of aliphatic carboxylic acids is 1. The molecule has 0 aliphatic carbocycles. The van der Waals surface area contributed by atoms with E-state index in [-0.39, 0.29) is 18.8 Å². The van der Waals surface area contributed by atoms with E-state index in [9.17, 15) is 24.0 Å². The van der Waals surface area contributed by atoms with Crippen LogP contribution in [0.4, 0.5) is 0 Å². The monoisotopic (exact) mass is 463 g/mol. The Kier molecular flexibility index (Phi) is 11.0. The maximum Gasteiger partial charge on any atom is 0.325 e. The zero-order valence-electron chi connectivity index (χ0n) is 19.0. The van der Waals surface area contributed by atoms with Crippen LogP contribution in [0.15, 0.2) is 30.3 Å². The van der Waals surface area contributed by atoms with E-state index in [1.165, 1.54) is 6.92 Å². The van der Waals surface area contributed by atoms with Crippen LogP contribution in [0.5, 0.6) is 0 Å². The van der Waals surface area contributed by atoms with Gasteiger partial charge in [-0.05, 0) is 31.2 Å². The molecule has 0 aliphatic rings. The van der Waals surface area contributed by atoms with Gasteiger partial charge in [0.1, 0.15) is 18.1 Å². The van der Waals surface area contributed by atoms with Gasteiger partial charge in [0.15, 0.2) is 0 Å². The van der Waals surface area contributed by atoms with Crippen LogP contribution in [-0.2, 0) is 30.4 Å². The third-order valence-electron chi connectivity index (χ3n) is 4.74. The molecule has 182 valence electrons. The predicted octanol–water partition coefficient (Wildman–Crippen LogP) is -0.963. The number of primary amides is 1. The average Bonchev–Trinajstić information content (AvgIpc) is 2.72. The minimum atomic E-state index is -1.35. The van der Waals surface area contributed by atoms with Crippen molar-refractivity contribution in [3.8, 4) is 0 Å². The van der Waals surface area contributed by atoms with Gasteiger partial charge in [0.25, 0.3) is 0 Å². The largest absolute Gasteiger partial charge is 0.480 e. The maximum atomic E-state index is 12.8. The minimum absolute atomic E-state index is 0.0235. The summed E-state index contributed by atoms with van der Waals surface area (Å²) in [7, 11) is 0. The molecule has 0 saturated heterocycles. The van der Waals surface area contributed by atoms with Crippen LogP contribution in [0, 0.1) is 5.92 Å². The molecular formula is C22H33N5O6. The fourth-order valence-electron chi connectivity index (χ4n) is 3.00. The smallest absolute Gasteiger partial charge is 0.325 e. The summed E-state index contributed by atoms with van der Waals surface area (Å²) in [6.45, 7) is 4.93. The van der Waals surface area contributed by atoms with Gasteiger partial charge >= 0.3 is 5.97 Å². The lowest BCUT2D eigenvalue weighted by Gasteiger charge is -2.25. The summed E-state index contributed by atoms with van der Waals surface area (Å²) in [4.78, 5) is 60.4. The van der Waals surface area contributed by atoms with Crippen molar-refractivity contribution in [3.63, 3.8) is 0 Å². The van der Waals surface area contributed by atoms with Crippen molar-refractivity contribution in [1.82, 2.24) is 16.0 Å². The van der Waals surface area contributed by atoms with E-state index in [1.807, 2.05) is 19.9 Å². The van der Waals surface area contributed by atoms with E-state index < -0.39 is 60.2 Å². The van der Waals surface area contributed by atoms with E-state index in [1.54, 1.807) is 24.3 Å². The Balaban J connectivity index is 2.91. The Morgan fingerprint density at radius 2 is 1.42 bits per heavy atom. The number of carbonyl (C=O) groups excluding carboxylic acids is 4. The molecule has 1 aromatic carbocycles. The summed E-state index contributed by atoms with van der Waals surface area (Å²) in [5, 5.41) is 16.2. The molecule has 11 heteroatoms. The normalized spacial score (nSPS) is 14.5. The fraction of sp³-hybridized carbons (Fsp3) is 0.500. The molecule has 0 aliphatic heterocycles. The first-order valence-electron chi connectivity index (χ1n) is 10.6. The SMILES string of the molecule is CC(C)CC(NC(=O)C(CC(N)=O)NC(=O)C(N)Cc1ccccc1)C(=O)NC(C)C(=O)O. The van der Waals surface area contributed by atoms with Crippen molar-refractivity contribution >= 4 is 29.6 Å². The van der Waals surface area contributed by atoms with E-state index in [0.29, 0.717) is 0 Å². The molecule has 4 unspecified atom stereocenters. The van der Waals surface area contributed by atoms with Crippen LogP contribution < -0.4 is 27.4 Å². The van der Waals surface area contributed by atoms with Crippen LogP contribution in [0.1, 0.15) is 39.2 Å². The molecular weight excluding hydrogens is 430 g/mol. The number of hydrogen-bond acceptors (Lipinski definition) is 6. The second-order valence-corrected chi connectivity index (χ2v) is 8.29. The Hall–Kier alpha value is -3.47. The number of carbonyl (C=O) groups is 5. The standard InChI is InChI=1S/C22H33N5O6/c1-12(2)9-16(20(30)25-13(3)22(32)33)27-21(31)17(11-18(24)28)26-19(29)15(23)10-14-7-5-4-6-8-14/h4-8,12-13,15-17H,9-11,23H2,1-3H3,(H2,24,28)(H,25,30)(H,26,29)(H,27,31)(H,32,33). The quantitative estimate of drug-likeness (QED) is 0.217. The Labute approximate surface area is 192 Å². The molecule has 8 N–H and O–H groups in total. The van der Waals surface area contributed by atoms with E-state index in [4.69, 9.17) is 16.6 Å². The molecule has 1 aromatic rings. The molecule has 0 fully saturated rings. The highest BCUT2D eigenvalue weighted by atomic mass is 16.4. The summed E-state index contributed by atoms with van der Waals surface area (Å²) in [6, 6.07) is 4.44. The topological polar surface area (TPSA) is 194 Å². The average molecular weight is 464 g/mol. The first kappa shape index (κ1) is 27.6. The van der Waals surface area contributed by atoms with Crippen molar-refractivity contribution in [2.24, 2.45) is 17.4 Å². The molecule has 1 rings (SSSR count). The third kappa shape index (κ3) is 10.1. The van der Waals surface area contributed by atoms with E-state index in [2.05, 4.69) is 16.0 Å². The van der Waals surface area contributed by atoms with Gasteiger partial charge in [-0.25, -0.2) is 0 Å². The molecule has 0 saturated carbocycles.